The molecule has 13 heteroatoms. The van der Waals surface area contributed by atoms with Gasteiger partial charge in [-0.1, -0.05) is 25.5 Å². The molecule has 0 spiro atoms. The van der Waals surface area contributed by atoms with Gasteiger partial charge in [-0.3, -0.25) is 4.79 Å². The first-order valence-corrected chi connectivity index (χ1v) is 14.0. The molecule has 1 N–H and O–H groups in total. The Morgan fingerprint density at radius 1 is 1.12 bits per heavy atom. The lowest BCUT2D eigenvalue weighted by Gasteiger charge is -2.59. The average Bonchev–Trinajstić information content (AvgIpc) is 3.18. The summed E-state index contributed by atoms with van der Waals surface area (Å²) in [5.41, 5.74) is -2.56. The van der Waals surface area contributed by atoms with Gasteiger partial charge in [-0.15, -0.1) is 10.1 Å². The number of hydrogen-bond acceptors (Lipinski definition) is 12. The van der Waals surface area contributed by atoms with Crippen molar-refractivity contribution < 1.29 is 53.2 Å². The molecule has 4 rings (SSSR count). The third-order valence-corrected chi connectivity index (χ3v) is 9.60. The quantitative estimate of drug-likeness (QED) is 0.137. The number of aliphatic hydroxyl groups excluding tert-OH is 1. The van der Waals surface area contributed by atoms with E-state index in [1.807, 2.05) is 13.0 Å². The van der Waals surface area contributed by atoms with Crippen LogP contribution in [0.5, 0.6) is 0 Å². The topological polar surface area (TPSA) is 178 Å². The van der Waals surface area contributed by atoms with Crippen LogP contribution in [0.2, 0.25) is 0 Å². The number of ether oxygens (including phenoxy) is 4. The summed E-state index contributed by atoms with van der Waals surface area (Å²) in [7, 11) is 0. The maximum Gasteiger partial charge on any atom is 0.516 e. The first-order valence-electron chi connectivity index (χ1n) is 14.0. The predicted molar refractivity (Wildman–Crippen MR) is 138 cm³/mol. The van der Waals surface area contributed by atoms with E-state index in [4.69, 9.17) is 18.9 Å². The van der Waals surface area contributed by atoms with E-state index in [1.165, 1.54) is 6.08 Å². The zero-order valence-corrected chi connectivity index (χ0v) is 23.5. The van der Waals surface area contributed by atoms with Crippen LogP contribution < -0.4 is 0 Å². The summed E-state index contributed by atoms with van der Waals surface area (Å²) in [6.07, 6.45) is 4.18. The molecule has 226 valence electrons. The van der Waals surface area contributed by atoms with Crippen LogP contribution in [0.15, 0.2) is 23.8 Å². The van der Waals surface area contributed by atoms with Crippen LogP contribution in [0.4, 0.5) is 9.59 Å². The minimum atomic E-state index is -1.91. The number of hydrogen-bond donors (Lipinski definition) is 1. The lowest BCUT2D eigenvalue weighted by atomic mass is 9.46. The number of nitrogens with zero attached hydrogens (tertiary/aromatic N) is 1. The summed E-state index contributed by atoms with van der Waals surface area (Å²) >= 11 is 0. The fourth-order valence-electron chi connectivity index (χ4n) is 7.83. The van der Waals surface area contributed by atoms with Crippen LogP contribution in [-0.4, -0.2) is 65.8 Å². The molecule has 41 heavy (non-hydrogen) atoms. The Morgan fingerprint density at radius 2 is 1.85 bits per heavy atom. The minimum Gasteiger partial charge on any atom is -0.435 e. The molecule has 13 nitrogen and oxygen atoms in total. The van der Waals surface area contributed by atoms with E-state index >= 15 is 0 Å². The molecule has 0 radical (unpaired) electrons. The van der Waals surface area contributed by atoms with Gasteiger partial charge in [0.1, 0.15) is 0 Å². The number of rotatable bonds is 9. The number of ketones is 1. The Labute approximate surface area is 237 Å². The van der Waals surface area contributed by atoms with Gasteiger partial charge in [0.2, 0.25) is 5.60 Å². The monoisotopic (exact) mass is 579 g/mol. The van der Waals surface area contributed by atoms with Gasteiger partial charge in [0, 0.05) is 16.7 Å². The summed E-state index contributed by atoms with van der Waals surface area (Å²) < 4.78 is 20.7. The lowest BCUT2D eigenvalue weighted by molar-refractivity contribution is -0.757. The maximum atomic E-state index is 13.7. The molecule has 0 heterocycles. The van der Waals surface area contributed by atoms with Gasteiger partial charge in [-0.2, -0.15) is 0 Å². The number of unbranched alkanes of at least 4 members (excludes halogenated alkanes) is 1. The number of fused-ring (bicyclic) bond motifs is 5. The second kappa shape index (κ2) is 11.8. The first kappa shape index (κ1) is 30.5. The normalized spacial score (nSPS) is 35.2. The van der Waals surface area contributed by atoms with Gasteiger partial charge in [-0.05, 0) is 75.9 Å². The first-order chi connectivity index (χ1) is 19.4. The van der Waals surface area contributed by atoms with Crippen molar-refractivity contribution in [3.8, 4) is 0 Å². The van der Waals surface area contributed by atoms with Crippen molar-refractivity contribution in [2.45, 2.75) is 77.4 Å². The zero-order chi connectivity index (χ0) is 30.0. The second-order valence-electron chi connectivity index (χ2n) is 11.6. The Bertz CT molecular complexity index is 1150. The molecule has 7 atom stereocenters. The summed E-state index contributed by atoms with van der Waals surface area (Å²) in [6, 6.07) is 0. The molecule has 0 aliphatic heterocycles. The van der Waals surface area contributed by atoms with Crippen LogP contribution >= 0.6 is 0 Å². The molecule has 0 aromatic carbocycles. The lowest BCUT2D eigenvalue weighted by Crippen LogP contribution is -2.63. The van der Waals surface area contributed by atoms with Crippen molar-refractivity contribution >= 4 is 24.1 Å². The van der Waals surface area contributed by atoms with Gasteiger partial charge < -0.3 is 28.9 Å². The van der Waals surface area contributed by atoms with Crippen molar-refractivity contribution in [2.24, 2.45) is 28.6 Å². The molecular formula is C28H37NO12. The highest BCUT2D eigenvalue weighted by Gasteiger charge is 2.72. The molecule has 0 unspecified atom stereocenters. The van der Waals surface area contributed by atoms with Gasteiger partial charge in [0.15, 0.2) is 5.78 Å². The number of allylic oxidation sites excluding steroid dienone is 4. The van der Waals surface area contributed by atoms with Crippen molar-refractivity contribution in [3.05, 3.63) is 33.9 Å². The molecule has 0 saturated heterocycles. The Hall–Kier alpha value is -3.48. The molecule has 3 fully saturated rings. The molecular weight excluding hydrogens is 542 g/mol. The molecule has 3 saturated carbocycles. The smallest absolute Gasteiger partial charge is 0.435 e. The minimum absolute atomic E-state index is 0.00183. The number of esters is 1. The predicted octanol–water partition coefficient (Wildman–Crippen LogP) is 3.85. The fourth-order valence-corrected chi connectivity index (χ4v) is 7.83. The van der Waals surface area contributed by atoms with E-state index in [0.29, 0.717) is 19.3 Å². The summed E-state index contributed by atoms with van der Waals surface area (Å²) in [5, 5.41) is 20.9. The SMILES string of the molecule is CCOC(=O)O[C@]1(C(=O)OC(=O)OCCCCO[N+](=O)[O-])CC[C@H]2[C@@H]3CCC4=CC(=O)C=C[C@]4(C)[C@H]3[C@@H](O)C[C@@]21C. The molecule has 4 aliphatic carbocycles. The van der Waals surface area contributed by atoms with Gasteiger partial charge in [0.25, 0.3) is 5.09 Å². The van der Waals surface area contributed by atoms with Crippen molar-refractivity contribution in [2.75, 3.05) is 19.8 Å². The highest BCUT2D eigenvalue weighted by molar-refractivity contribution is 6.01. The van der Waals surface area contributed by atoms with Crippen LogP contribution in [0, 0.1) is 38.7 Å². The van der Waals surface area contributed by atoms with Crippen molar-refractivity contribution in [1.29, 1.82) is 0 Å². The Morgan fingerprint density at radius 3 is 2.56 bits per heavy atom. The molecule has 0 amide bonds. The highest BCUT2D eigenvalue weighted by atomic mass is 16.9. The van der Waals surface area contributed by atoms with E-state index in [-0.39, 0.29) is 69.0 Å². The van der Waals surface area contributed by atoms with E-state index in [1.54, 1.807) is 19.9 Å². The zero-order valence-electron chi connectivity index (χ0n) is 23.5. The van der Waals surface area contributed by atoms with Crippen LogP contribution in [0.3, 0.4) is 0 Å². The number of carbonyl (C=O) groups excluding carboxylic acids is 4. The molecule has 0 bridgehead atoms. The maximum absolute atomic E-state index is 13.7. The van der Waals surface area contributed by atoms with E-state index in [9.17, 15) is 34.4 Å². The van der Waals surface area contributed by atoms with Gasteiger partial charge >= 0.3 is 18.3 Å². The Balaban J connectivity index is 1.54. The van der Waals surface area contributed by atoms with E-state index in [2.05, 4.69) is 4.84 Å². The summed E-state index contributed by atoms with van der Waals surface area (Å²) in [5.74, 6) is -1.62. The van der Waals surface area contributed by atoms with Crippen molar-refractivity contribution in [3.63, 3.8) is 0 Å². The largest absolute Gasteiger partial charge is 0.516 e. The van der Waals surface area contributed by atoms with Crippen molar-refractivity contribution in [1.82, 2.24) is 0 Å². The van der Waals surface area contributed by atoms with Crippen LogP contribution in [0.1, 0.15) is 65.7 Å². The third kappa shape index (κ3) is 5.55. The van der Waals surface area contributed by atoms with Gasteiger partial charge in [-0.25, -0.2) is 14.4 Å². The van der Waals surface area contributed by atoms with Gasteiger partial charge in [0.05, 0.1) is 25.9 Å². The molecule has 4 aliphatic rings. The molecule has 0 aromatic rings. The van der Waals surface area contributed by atoms with Crippen LogP contribution in [-0.2, 0) is 33.4 Å². The second-order valence-corrected chi connectivity index (χ2v) is 11.6. The number of carbonyl (C=O) groups is 4. The summed E-state index contributed by atoms with van der Waals surface area (Å²) in [6.45, 7) is 5.04. The highest BCUT2D eigenvalue weighted by Crippen LogP contribution is 2.68. The standard InChI is InChI=1S/C28H37NO12/c1-4-37-25(34)41-28(23(32)40-24(33)38-13-5-6-14-39-29(35)36)12-10-20-19-8-7-17-15-18(30)9-11-26(17,2)22(19)21(31)16-27(20,28)3/h9,11,15,19-22,31H,4-8,10,12-14,16H2,1-3H3/t19-,20-,21-,22+,26-,27-,28-/m0/s1. The van der Waals surface area contributed by atoms with E-state index < -0.39 is 45.9 Å². The fraction of sp³-hybridized carbons (Fsp3) is 0.714. The number of aliphatic hydroxyl groups is 1. The summed E-state index contributed by atoms with van der Waals surface area (Å²) in [4.78, 5) is 65.2. The van der Waals surface area contributed by atoms with Crippen LogP contribution in [0.25, 0.3) is 0 Å². The van der Waals surface area contributed by atoms with E-state index in [0.717, 1.165) is 5.57 Å². The average molecular weight is 580 g/mol. The molecule has 0 aromatic heterocycles. The third-order valence-electron chi connectivity index (χ3n) is 9.60. The Kier molecular flexibility index (Phi) is 8.76.